The maximum atomic E-state index is 13.2. The summed E-state index contributed by atoms with van der Waals surface area (Å²) in [6.45, 7) is 6.29. The van der Waals surface area contributed by atoms with E-state index >= 15 is 0 Å². The molecule has 2 atom stereocenters. The van der Waals surface area contributed by atoms with Gasteiger partial charge in [0.25, 0.3) is 5.91 Å². The summed E-state index contributed by atoms with van der Waals surface area (Å²) in [7, 11) is 0. The second-order valence-corrected chi connectivity index (χ2v) is 8.61. The van der Waals surface area contributed by atoms with Crippen LogP contribution in [0.15, 0.2) is 36.4 Å². The maximum Gasteiger partial charge on any atom is 0.264 e. The van der Waals surface area contributed by atoms with Crippen LogP contribution < -0.4 is 5.73 Å². The number of piperidine rings is 1. The van der Waals surface area contributed by atoms with Gasteiger partial charge in [-0.05, 0) is 37.3 Å². The van der Waals surface area contributed by atoms with Crippen molar-refractivity contribution in [3.63, 3.8) is 0 Å². The molecular weight excluding hydrogens is 356 g/mol. The van der Waals surface area contributed by atoms with Gasteiger partial charge in [-0.1, -0.05) is 37.3 Å². The molecule has 3 aromatic rings. The van der Waals surface area contributed by atoms with Gasteiger partial charge in [-0.2, -0.15) is 5.10 Å². The minimum atomic E-state index is 0.115. The molecule has 142 valence electrons. The number of nitrogens with zero attached hydrogens (tertiary/aromatic N) is 3. The molecule has 1 saturated heterocycles. The summed E-state index contributed by atoms with van der Waals surface area (Å²) < 4.78 is 2.01. The van der Waals surface area contributed by atoms with Gasteiger partial charge in [0.15, 0.2) is 0 Å². The number of rotatable bonds is 4. The Morgan fingerprint density at radius 3 is 2.85 bits per heavy atom. The summed E-state index contributed by atoms with van der Waals surface area (Å²) in [4.78, 5) is 17.0. The average Bonchev–Trinajstić information content (AvgIpc) is 3.23. The fraction of sp³-hybridized carbons (Fsp3) is 0.429. The zero-order chi connectivity index (χ0) is 19.0. The van der Waals surface area contributed by atoms with Gasteiger partial charge in [0.2, 0.25) is 0 Å². The molecule has 1 aliphatic heterocycles. The Kier molecular flexibility index (Phi) is 5.02. The van der Waals surface area contributed by atoms with Crippen molar-refractivity contribution in [2.24, 2.45) is 11.7 Å². The Labute approximate surface area is 163 Å². The average molecular weight is 383 g/mol. The number of hydrogen-bond donors (Lipinski definition) is 1. The Morgan fingerprint density at radius 2 is 2.11 bits per heavy atom. The Balaban J connectivity index is 1.63. The molecule has 1 fully saturated rings. The molecule has 27 heavy (non-hydrogen) atoms. The highest BCUT2D eigenvalue weighted by Crippen LogP contribution is 2.31. The Hall–Kier alpha value is -2.18. The van der Waals surface area contributed by atoms with Gasteiger partial charge in [-0.15, -0.1) is 11.3 Å². The first-order valence-electron chi connectivity index (χ1n) is 9.58. The van der Waals surface area contributed by atoms with E-state index in [9.17, 15) is 4.79 Å². The summed E-state index contributed by atoms with van der Waals surface area (Å²) in [5.74, 6) is 0.746. The van der Waals surface area contributed by atoms with E-state index in [4.69, 9.17) is 5.73 Å². The van der Waals surface area contributed by atoms with E-state index in [-0.39, 0.29) is 11.9 Å². The quantitative estimate of drug-likeness (QED) is 0.749. The molecule has 1 amide bonds. The molecule has 2 N–H and O–H groups in total. The number of carbonyl (C=O) groups is 1. The highest BCUT2D eigenvalue weighted by atomic mass is 32.1. The van der Waals surface area contributed by atoms with Crippen LogP contribution >= 0.6 is 11.3 Å². The second-order valence-electron chi connectivity index (χ2n) is 7.58. The number of likely N-dealkylation sites (tertiary alicyclic amines) is 1. The molecule has 0 radical (unpaired) electrons. The lowest BCUT2D eigenvalue weighted by Crippen LogP contribution is -2.49. The van der Waals surface area contributed by atoms with E-state index in [1.165, 1.54) is 5.56 Å². The highest BCUT2D eigenvalue weighted by molar-refractivity contribution is 7.20. The van der Waals surface area contributed by atoms with Crippen molar-refractivity contribution >= 4 is 27.5 Å². The SMILES string of the molecule is Cc1nn(Cc2ccccc2)c2sc(C(=O)N3CCC(C)CC3CN)cc12. The molecule has 2 aromatic heterocycles. The van der Waals surface area contributed by atoms with Gasteiger partial charge in [0.05, 0.1) is 17.1 Å². The van der Waals surface area contributed by atoms with Crippen molar-refractivity contribution in [1.82, 2.24) is 14.7 Å². The lowest BCUT2D eigenvalue weighted by molar-refractivity contribution is 0.0578. The van der Waals surface area contributed by atoms with Crippen molar-refractivity contribution in [2.75, 3.05) is 13.1 Å². The Bertz CT molecular complexity index is 946. The third-order valence-corrected chi connectivity index (χ3v) is 6.64. The van der Waals surface area contributed by atoms with Crippen LogP contribution in [0.1, 0.15) is 40.7 Å². The zero-order valence-electron chi connectivity index (χ0n) is 15.9. The van der Waals surface area contributed by atoms with Crippen LogP contribution in [0, 0.1) is 12.8 Å². The zero-order valence-corrected chi connectivity index (χ0v) is 16.7. The third kappa shape index (κ3) is 3.51. The first-order valence-corrected chi connectivity index (χ1v) is 10.4. The molecule has 0 aliphatic carbocycles. The number of nitrogens with two attached hydrogens (primary N) is 1. The third-order valence-electron chi connectivity index (χ3n) is 5.50. The number of aryl methyl sites for hydroxylation is 1. The minimum absolute atomic E-state index is 0.115. The molecule has 0 spiro atoms. The van der Waals surface area contributed by atoms with Crippen LogP contribution in [0.25, 0.3) is 10.2 Å². The molecule has 1 aromatic carbocycles. The minimum Gasteiger partial charge on any atom is -0.334 e. The van der Waals surface area contributed by atoms with E-state index in [0.717, 1.165) is 40.2 Å². The highest BCUT2D eigenvalue weighted by Gasteiger charge is 2.30. The van der Waals surface area contributed by atoms with Gasteiger partial charge in [-0.25, -0.2) is 0 Å². The molecule has 4 rings (SSSR count). The summed E-state index contributed by atoms with van der Waals surface area (Å²) >= 11 is 1.55. The second kappa shape index (κ2) is 7.44. The Morgan fingerprint density at radius 1 is 1.33 bits per heavy atom. The lowest BCUT2D eigenvalue weighted by Gasteiger charge is -2.37. The van der Waals surface area contributed by atoms with E-state index in [1.807, 2.05) is 40.8 Å². The molecular formula is C21H26N4OS. The largest absolute Gasteiger partial charge is 0.334 e. The smallest absolute Gasteiger partial charge is 0.264 e. The van der Waals surface area contributed by atoms with Crippen LogP contribution in [-0.4, -0.2) is 39.7 Å². The predicted octanol–water partition coefficient (Wildman–Crippen LogP) is 3.65. The molecule has 6 heteroatoms. The fourth-order valence-corrected chi connectivity index (χ4v) is 5.08. The van der Waals surface area contributed by atoms with Gasteiger partial charge >= 0.3 is 0 Å². The van der Waals surface area contributed by atoms with E-state index in [1.54, 1.807) is 11.3 Å². The van der Waals surface area contributed by atoms with Crippen molar-refractivity contribution in [2.45, 2.75) is 39.3 Å². The fourth-order valence-electron chi connectivity index (χ4n) is 3.97. The number of hydrogen-bond acceptors (Lipinski definition) is 4. The molecule has 0 bridgehead atoms. The maximum absolute atomic E-state index is 13.2. The van der Waals surface area contributed by atoms with Crippen LogP contribution in [-0.2, 0) is 6.54 Å². The topological polar surface area (TPSA) is 64.2 Å². The standard InChI is InChI=1S/C21H26N4OS/c1-14-8-9-24(17(10-14)12-22)20(26)19-11-18-15(2)23-25(21(18)27-19)13-16-6-4-3-5-7-16/h3-7,11,14,17H,8-10,12-13,22H2,1-2H3. The normalized spacial score (nSPS) is 20.3. The molecule has 2 unspecified atom stereocenters. The molecule has 0 saturated carbocycles. The summed E-state index contributed by atoms with van der Waals surface area (Å²) in [6.07, 6.45) is 2.04. The van der Waals surface area contributed by atoms with Crippen molar-refractivity contribution in [1.29, 1.82) is 0 Å². The first kappa shape index (κ1) is 18.2. The molecule has 1 aliphatic rings. The number of fused-ring (bicyclic) bond motifs is 1. The van der Waals surface area contributed by atoms with E-state index in [2.05, 4.69) is 24.2 Å². The van der Waals surface area contributed by atoms with Gasteiger partial charge < -0.3 is 10.6 Å². The van der Waals surface area contributed by atoms with E-state index in [0.29, 0.717) is 19.0 Å². The number of carbonyl (C=O) groups excluding carboxylic acids is 1. The molecule has 5 nitrogen and oxygen atoms in total. The number of thiophene rings is 1. The summed E-state index contributed by atoms with van der Waals surface area (Å²) in [5, 5.41) is 5.76. The summed E-state index contributed by atoms with van der Waals surface area (Å²) in [6, 6.07) is 12.5. The van der Waals surface area contributed by atoms with Crippen LogP contribution in [0.5, 0.6) is 0 Å². The monoisotopic (exact) mass is 382 g/mol. The van der Waals surface area contributed by atoms with Crippen LogP contribution in [0.2, 0.25) is 0 Å². The van der Waals surface area contributed by atoms with Crippen LogP contribution in [0.4, 0.5) is 0 Å². The lowest BCUT2D eigenvalue weighted by atomic mass is 9.92. The molecule has 3 heterocycles. The van der Waals surface area contributed by atoms with Gasteiger partial charge in [0, 0.05) is 24.5 Å². The number of benzene rings is 1. The summed E-state index contributed by atoms with van der Waals surface area (Å²) in [5.41, 5.74) is 8.13. The number of aromatic nitrogens is 2. The van der Waals surface area contributed by atoms with Gasteiger partial charge in [0.1, 0.15) is 4.83 Å². The first-order chi connectivity index (χ1) is 13.1. The van der Waals surface area contributed by atoms with E-state index < -0.39 is 0 Å². The van der Waals surface area contributed by atoms with Gasteiger partial charge in [-0.3, -0.25) is 9.48 Å². The van der Waals surface area contributed by atoms with Crippen LogP contribution in [0.3, 0.4) is 0 Å². The predicted molar refractivity (Wildman–Crippen MR) is 110 cm³/mol. The van der Waals surface area contributed by atoms with Crippen molar-refractivity contribution < 1.29 is 4.79 Å². The number of amides is 1. The van der Waals surface area contributed by atoms with Crippen molar-refractivity contribution in [3.8, 4) is 0 Å². The van der Waals surface area contributed by atoms with Crippen molar-refractivity contribution in [3.05, 3.63) is 52.5 Å².